The van der Waals surface area contributed by atoms with Crippen molar-refractivity contribution < 1.29 is 14.3 Å². The zero-order chi connectivity index (χ0) is 15.5. The predicted octanol–water partition coefficient (Wildman–Crippen LogP) is 3.10. The van der Waals surface area contributed by atoms with Crippen molar-refractivity contribution in [2.45, 2.75) is 66.0 Å². The summed E-state index contributed by atoms with van der Waals surface area (Å²) < 4.78 is 10.7. The first kappa shape index (κ1) is 19.4. The second-order valence-corrected chi connectivity index (χ2v) is 5.51. The summed E-state index contributed by atoms with van der Waals surface area (Å²) in [5, 5.41) is 0. The number of hydrogen-bond acceptors (Lipinski definition) is 4. The lowest BCUT2D eigenvalue weighted by Gasteiger charge is -2.28. The molecule has 0 aromatic carbocycles. The monoisotopic (exact) mass is 287 g/mol. The second kappa shape index (κ2) is 11.1. The molecule has 0 aliphatic heterocycles. The molecule has 0 heterocycles. The molecule has 4 heteroatoms. The molecule has 0 aliphatic carbocycles. The van der Waals surface area contributed by atoms with Gasteiger partial charge in [-0.1, -0.05) is 13.8 Å². The van der Waals surface area contributed by atoms with Gasteiger partial charge in [0.1, 0.15) is 0 Å². The molecule has 20 heavy (non-hydrogen) atoms. The summed E-state index contributed by atoms with van der Waals surface area (Å²) in [6.07, 6.45) is 2.94. The molecule has 0 rings (SSSR count). The van der Waals surface area contributed by atoms with Crippen LogP contribution in [0.15, 0.2) is 0 Å². The molecule has 0 aromatic rings. The van der Waals surface area contributed by atoms with Gasteiger partial charge in [0.15, 0.2) is 0 Å². The maximum Gasteiger partial charge on any atom is 0.307 e. The molecule has 0 radical (unpaired) electrons. The first-order valence-corrected chi connectivity index (χ1v) is 7.93. The molecule has 0 amide bonds. The lowest BCUT2D eigenvalue weighted by molar-refractivity contribution is -0.144. The van der Waals surface area contributed by atoms with Crippen LogP contribution in [0.2, 0.25) is 0 Å². The van der Waals surface area contributed by atoms with Crippen LogP contribution >= 0.6 is 0 Å². The van der Waals surface area contributed by atoms with Crippen LogP contribution in [0.25, 0.3) is 0 Å². The Kier molecular flexibility index (Phi) is 10.8. The topological polar surface area (TPSA) is 38.8 Å². The molecule has 0 aliphatic rings. The van der Waals surface area contributed by atoms with E-state index < -0.39 is 0 Å². The third kappa shape index (κ3) is 7.85. The number of ether oxygens (including phenoxy) is 2. The number of hydrogen-bond donors (Lipinski definition) is 0. The summed E-state index contributed by atoms with van der Waals surface area (Å²) in [6.45, 7) is 12.6. The molecule has 120 valence electrons. The van der Waals surface area contributed by atoms with E-state index in [9.17, 15) is 4.79 Å². The lowest BCUT2D eigenvalue weighted by atomic mass is 9.98. The van der Waals surface area contributed by atoms with Crippen molar-refractivity contribution in [1.29, 1.82) is 0 Å². The highest BCUT2D eigenvalue weighted by Crippen LogP contribution is 2.16. The van der Waals surface area contributed by atoms with Gasteiger partial charge in [0.05, 0.1) is 19.1 Å². The minimum Gasteiger partial charge on any atom is -0.466 e. The van der Waals surface area contributed by atoms with Crippen LogP contribution in [0.3, 0.4) is 0 Å². The van der Waals surface area contributed by atoms with Gasteiger partial charge in [0.2, 0.25) is 0 Å². The number of nitrogens with zero attached hydrogens (tertiary/aromatic N) is 1. The normalized spacial score (nSPS) is 15.9. The van der Waals surface area contributed by atoms with Crippen LogP contribution in [0.4, 0.5) is 0 Å². The molecule has 0 spiro atoms. The largest absolute Gasteiger partial charge is 0.466 e. The molecule has 3 unspecified atom stereocenters. The summed E-state index contributed by atoms with van der Waals surface area (Å²) in [6, 6.07) is 0.216. The molecular formula is C16H33NO3. The van der Waals surface area contributed by atoms with Crippen molar-refractivity contribution in [2.75, 3.05) is 26.8 Å². The number of carbonyl (C=O) groups is 1. The van der Waals surface area contributed by atoms with Gasteiger partial charge in [-0.2, -0.15) is 0 Å². The van der Waals surface area contributed by atoms with Gasteiger partial charge in [0, 0.05) is 12.6 Å². The Morgan fingerprint density at radius 3 is 2.30 bits per heavy atom. The first-order valence-electron chi connectivity index (χ1n) is 7.93. The number of rotatable bonds is 11. The molecule has 0 fully saturated rings. The van der Waals surface area contributed by atoms with Crippen molar-refractivity contribution in [3.63, 3.8) is 0 Å². The summed E-state index contributed by atoms with van der Waals surface area (Å²) in [7, 11) is 2.07. The molecule has 0 N–H and O–H groups in total. The quantitative estimate of drug-likeness (QED) is 0.547. The van der Waals surface area contributed by atoms with Gasteiger partial charge in [-0.05, 0) is 53.1 Å². The van der Waals surface area contributed by atoms with E-state index in [2.05, 4.69) is 32.7 Å². The molecular weight excluding hydrogens is 254 g/mol. The third-order valence-corrected chi connectivity index (χ3v) is 3.87. The summed E-state index contributed by atoms with van der Waals surface area (Å²) in [4.78, 5) is 13.7. The minimum absolute atomic E-state index is 0.111. The fraction of sp³-hybridized carbons (Fsp3) is 0.938. The van der Waals surface area contributed by atoms with Crippen LogP contribution in [0, 0.1) is 5.92 Å². The van der Waals surface area contributed by atoms with Crippen LogP contribution in [0.1, 0.15) is 53.9 Å². The van der Waals surface area contributed by atoms with Crippen molar-refractivity contribution in [3.05, 3.63) is 0 Å². The van der Waals surface area contributed by atoms with E-state index in [1.807, 2.05) is 13.8 Å². The summed E-state index contributed by atoms with van der Waals surface area (Å²) in [5.41, 5.74) is 0. The van der Waals surface area contributed by atoms with Gasteiger partial charge in [0.25, 0.3) is 0 Å². The molecule has 0 bridgehead atoms. The van der Waals surface area contributed by atoms with E-state index in [1.165, 1.54) is 0 Å². The fourth-order valence-corrected chi connectivity index (χ4v) is 2.33. The molecule has 3 atom stereocenters. The van der Waals surface area contributed by atoms with Gasteiger partial charge >= 0.3 is 5.97 Å². The second-order valence-electron chi connectivity index (χ2n) is 5.51. The molecule has 0 saturated carbocycles. The van der Waals surface area contributed by atoms with Crippen molar-refractivity contribution in [2.24, 2.45) is 5.92 Å². The molecule has 0 aromatic heterocycles. The SMILES string of the molecule is CCOC(=O)CC(C)N(C)CCC(C)C(CC)OCC. The van der Waals surface area contributed by atoms with Crippen LogP contribution < -0.4 is 0 Å². The Labute approximate surface area is 124 Å². The van der Waals surface area contributed by atoms with E-state index in [-0.39, 0.29) is 12.0 Å². The van der Waals surface area contributed by atoms with Crippen LogP contribution in [-0.2, 0) is 14.3 Å². The van der Waals surface area contributed by atoms with E-state index in [0.29, 0.717) is 25.0 Å². The number of carbonyl (C=O) groups excluding carboxylic acids is 1. The Balaban J connectivity index is 4.06. The van der Waals surface area contributed by atoms with Gasteiger partial charge < -0.3 is 14.4 Å². The highest BCUT2D eigenvalue weighted by Gasteiger charge is 2.19. The first-order chi connectivity index (χ1) is 9.46. The third-order valence-electron chi connectivity index (χ3n) is 3.87. The Morgan fingerprint density at radius 2 is 1.80 bits per heavy atom. The maximum atomic E-state index is 11.5. The Morgan fingerprint density at radius 1 is 1.15 bits per heavy atom. The minimum atomic E-state index is -0.111. The predicted molar refractivity (Wildman–Crippen MR) is 82.8 cm³/mol. The van der Waals surface area contributed by atoms with E-state index >= 15 is 0 Å². The highest BCUT2D eigenvalue weighted by molar-refractivity contribution is 5.69. The van der Waals surface area contributed by atoms with Gasteiger partial charge in [-0.15, -0.1) is 0 Å². The fourth-order valence-electron chi connectivity index (χ4n) is 2.33. The Bertz CT molecular complexity index is 258. The van der Waals surface area contributed by atoms with Crippen LogP contribution in [-0.4, -0.2) is 49.8 Å². The average Bonchev–Trinajstić information content (AvgIpc) is 2.41. The van der Waals surface area contributed by atoms with Crippen molar-refractivity contribution >= 4 is 5.97 Å². The Hall–Kier alpha value is -0.610. The smallest absolute Gasteiger partial charge is 0.307 e. The lowest BCUT2D eigenvalue weighted by Crippen LogP contribution is -2.34. The number of esters is 1. The van der Waals surface area contributed by atoms with Crippen molar-refractivity contribution in [3.8, 4) is 0 Å². The zero-order valence-electron chi connectivity index (χ0n) is 14.1. The zero-order valence-corrected chi connectivity index (χ0v) is 14.1. The molecule has 4 nitrogen and oxygen atoms in total. The highest BCUT2D eigenvalue weighted by atomic mass is 16.5. The van der Waals surface area contributed by atoms with Crippen LogP contribution in [0.5, 0.6) is 0 Å². The van der Waals surface area contributed by atoms with E-state index in [4.69, 9.17) is 9.47 Å². The van der Waals surface area contributed by atoms with Crippen molar-refractivity contribution in [1.82, 2.24) is 4.90 Å². The van der Waals surface area contributed by atoms with Gasteiger partial charge in [-0.3, -0.25) is 4.79 Å². The maximum absolute atomic E-state index is 11.5. The van der Waals surface area contributed by atoms with E-state index in [1.54, 1.807) is 0 Å². The average molecular weight is 287 g/mol. The van der Waals surface area contributed by atoms with Gasteiger partial charge in [-0.25, -0.2) is 0 Å². The standard InChI is InChI=1S/C16H33NO3/c1-7-15(19-8-2)13(4)10-11-17(6)14(5)12-16(18)20-9-3/h13-15H,7-12H2,1-6H3. The summed E-state index contributed by atoms with van der Waals surface area (Å²) >= 11 is 0. The van der Waals surface area contributed by atoms with E-state index in [0.717, 1.165) is 26.0 Å². The summed E-state index contributed by atoms with van der Waals surface area (Å²) in [5.74, 6) is 0.429. The molecule has 0 saturated heterocycles.